The molecule has 1 N–H and O–H groups in total. The van der Waals surface area contributed by atoms with E-state index in [0.717, 1.165) is 25.8 Å². The zero-order valence-corrected chi connectivity index (χ0v) is 13.6. The number of aliphatic hydroxyl groups is 1. The van der Waals surface area contributed by atoms with E-state index in [2.05, 4.69) is 54.0 Å². The van der Waals surface area contributed by atoms with Crippen LogP contribution in [-0.2, 0) is 6.54 Å². The smallest absolute Gasteiger partial charge is 0.0786 e. The van der Waals surface area contributed by atoms with Crippen molar-refractivity contribution in [2.24, 2.45) is 0 Å². The standard InChI is InChI=1S/C20H27NO/c1-2-3-7-13-20(22)14-18-11-8-12-19(15-20)21(18)16-17-9-5-4-6-10-17/h4-6,9-10,18-19,22H,2,8,11-16H2,1H3. The molecular weight excluding hydrogens is 270 g/mol. The lowest BCUT2D eigenvalue weighted by molar-refractivity contribution is -0.0923. The van der Waals surface area contributed by atoms with Gasteiger partial charge in [0, 0.05) is 31.5 Å². The summed E-state index contributed by atoms with van der Waals surface area (Å²) in [6.07, 6.45) is 7.02. The molecule has 2 bridgehead atoms. The molecule has 2 fully saturated rings. The Balaban J connectivity index is 1.71. The maximum absolute atomic E-state index is 11.0. The molecule has 2 heteroatoms. The fraction of sp³-hybridized carbons (Fsp3) is 0.600. The Morgan fingerprint density at radius 3 is 2.45 bits per heavy atom. The molecule has 2 aliphatic heterocycles. The van der Waals surface area contributed by atoms with E-state index >= 15 is 0 Å². The van der Waals surface area contributed by atoms with Gasteiger partial charge in [0.05, 0.1) is 5.60 Å². The molecule has 2 unspecified atom stereocenters. The van der Waals surface area contributed by atoms with Gasteiger partial charge in [-0.25, -0.2) is 0 Å². The van der Waals surface area contributed by atoms with Crippen molar-refractivity contribution in [1.82, 2.24) is 4.90 Å². The summed E-state index contributed by atoms with van der Waals surface area (Å²) in [6.45, 7) is 3.08. The minimum Gasteiger partial charge on any atom is -0.389 e. The normalized spacial score (nSPS) is 31.4. The molecule has 2 aliphatic rings. The van der Waals surface area contributed by atoms with Gasteiger partial charge in [0.1, 0.15) is 0 Å². The molecule has 0 amide bonds. The van der Waals surface area contributed by atoms with Gasteiger partial charge < -0.3 is 5.11 Å². The Kier molecular flexibility index (Phi) is 4.86. The quantitative estimate of drug-likeness (QED) is 0.859. The first-order chi connectivity index (χ1) is 10.7. The van der Waals surface area contributed by atoms with E-state index in [1.165, 1.54) is 24.8 Å². The molecule has 2 saturated heterocycles. The van der Waals surface area contributed by atoms with E-state index in [0.29, 0.717) is 18.5 Å². The predicted molar refractivity (Wildman–Crippen MR) is 90.3 cm³/mol. The zero-order chi connectivity index (χ0) is 15.4. The van der Waals surface area contributed by atoms with Gasteiger partial charge in [0.2, 0.25) is 0 Å². The van der Waals surface area contributed by atoms with Crippen LogP contribution >= 0.6 is 0 Å². The van der Waals surface area contributed by atoms with Crippen LogP contribution in [0.2, 0.25) is 0 Å². The number of hydrogen-bond acceptors (Lipinski definition) is 2. The highest BCUT2D eigenvalue weighted by Crippen LogP contribution is 2.41. The number of fused-ring (bicyclic) bond motifs is 2. The van der Waals surface area contributed by atoms with Crippen molar-refractivity contribution in [2.45, 2.75) is 76.1 Å². The second-order valence-corrected chi connectivity index (χ2v) is 6.91. The summed E-state index contributed by atoms with van der Waals surface area (Å²) in [6, 6.07) is 11.8. The Labute approximate surface area is 134 Å². The fourth-order valence-electron chi connectivity index (χ4n) is 4.17. The highest BCUT2D eigenvalue weighted by atomic mass is 16.3. The van der Waals surface area contributed by atoms with E-state index < -0.39 is 5.60 Å². The van der Waals surface area contributed by atoms with Gasteiger partial charge in [-0.3, -0.25) is 4.90 Å². The minimum absolute atomic E-state index is 0.515. The Bertz CT molecular complexity index is 528. The molecule has 0 radical (unpaired) electrons. The SMILES string of the molecule is CCC#CCC1(O)CC2CCCC(C1)N2Cc1ccccc1. The fourth-order valence-corrected chi connectivity index (χ4v) is 4.17. The summed E-state index contributed by atoms with van der Waals surface area (Å²) >= 11 is 0. The van der Waals surface area contributed by atoms with Crippen LogP contribution < -0.4 is 0 Å². The summed E-state index contributed by atoms with van der Waals surface area (Å²) in [4.78, 5) is 2.64. The molecular formula is C20H27NO. The molecule has 0 spiro atoms. The molecule has 1 aromatic carbocycles. The molecule has 118 valence electrons. The third-order valence-electron chi connectivity index (χ3n) is 5.17. The lowest BCUT2D eigenvalue weighted by atomic mass is 9.74. The van der Waals surface area contributed by atoms with Gasteiger partial charge >= 0.3 is 0 Å². The second-order valence-electron chi connectivity index (χ2n) is 6.91. The molecule has 2 nitrogen and oxygen atoms in total. The molecule has 1 aromatic rings. The van der Waals surface area contributed by atoms with E-state index in [1.807, 2.05) is 0 Å². The molecule has 2 heterocycles. The van der Waals surface area contributed by atoms with Gasteiger partial charge in [-0.05, 0) is 31.2 Å². The Hall–Kier alpha value is -1.30. The zero-order valence-electron chi connectivity index (χ0n) is 13.6. The van der Waals surface area contributed by atoms with Crippen LogP contribution in [0.15, 0.2) is 30.3 Å². The number of hydrogen-bond donors (Lipinski definition) is 1. The molecule has 0 aliphatic carbocycles. The molecule has 3 rings (SSSR count). The maximum Gasteiger partial charge on any atom is 0.0786 e. The van der Waals surface area contributed by atoms with Crippen LogP contribution in [0.25, 0.3) is 0 Å². The van der Waals surface area contributed by atoms with Crippen LogP contribution in [-0.4, -0.2) is 27.7 Å². The van der Waals surface area contributed by atoms with Crippen LogP contribution in [0.5, 0.6) is 0 Å². The summed E-state index contributed by atoms with van der Waals surface area (Å²) < 4.78 is 0. The number of piperidine rings is 2. The third kappa shape index (κ3) is 3.54. The van der Waals surface area contributed by atoms with Crippen LogP contribution in [0.1, 0.15) is 57.4 Å². The topological polar surface area (TPSA) is 23.5 Å². The Morgan fingerprint density at radius 1 is 1.14 bits per heavy atom. The first-order valence-corrected chi connectivity index (χ1v) is 8.68. The third-order valence-corrected chi connectivity index (χ3v) is 5.17. The minimum atomic E-state index is -0.564. The van der Waals surface area contributed by atoms with Crippen LogP contribution in [0.4, 0.5) is 0 Å². The number of rotatable bonds is 3. The van der Waals surface area contributed by atoms with E-state index in [4.69, 9.17) is 0 Å². The first-order valence-electron chi connectivity index (χ1n) is 8.68. The van der Waals surface area contributed by atoms with Crippen molar-refractivity contribution in [2.75, 3.05) is 0 Å². The van der Waals surface area contributed by atoms with Gasteiger partial charge in [0.15, 0.2) is 0 Å². The maximum atomic E-state index is 11.0. The van der Waals surface area contributed by atoms with Crippen molar-refractivity contribution in [3.05, 3.63) is 35.9 Å². The first kappa shape index (κ1) is 15.6. The van der Waals surface area contributed by atoms with E-state index in [1.54, 1.807) is 0 Å². The summed E-state index contributed by atoms with van der Waals surface area (Å²) in [5.74, 6) is 6.29. The second kappa shape index (κ2) is 6.86. The average Bonchev–Trinajstić information content (AvgIpc) is 2.50. The molecule has 0 saturated carbocycles. The molecule has 0 aromatic heterocycles. The number of benzene rings is 1. The van der Waals surface area contributed by atoms with Crippen molar-refractivity contribution < 1.29 is 5.11 Å². The van der Waals surface area contributed by atoms with Crippen molar-refractivity contribution in [1.29, 1.82) is 0 Å². The number of nitrogens with zero attached hydrogens (tertiary/aromatic N) is 1. The van der Waals surface area contributed by atoms with E-state index in [9.17, 15) is 5.11 Å². The van der Waals surface area contributed by atoms with Crippen LogP contribution in [0, 0.1) is 11.8 Å². The predicted octanol–water partition coefficient (Wildman–Crippen LogP) is 3.74. The summed E-state index contributed by atoms with van der Waals surface area (Å²) in [7, 11) is 0. The largest absolute Gasteiger partial charge is 0.389 e. The van der Waals surface area contributed by atoms with Crippen LogP contribution in [0.3, 0.4) is 0 Å². The lowest BCUT2D eigenvalue weighted by Crippen LogP contribution is -2.57. The van der Waals surface area contributed by atoms with E-state index in [-0.39, 0.29) is 0 Å². The molecule has 22 heavy (non-hydrogen) atoms. The van der Waals surface area contributed by atoms with Crippen molar-refractivity contribution >= 4 is 0 Å². The van der Waals surface area contributed by atoms with Gasteiger partial charge in [-0.1, -0.05) is 43.7 Å². The van der Waals surface area contributed by atoms with Gasteiger partial charge in [-0.15, -0.1) is 11.8 Å². The highest BCUT2D eigenvalue weighted by Gasteiger charge is 2.44. The van der Waals surface area contributed by atoms with Gasteiger partial charge in [-0.2, -0.15) is 0 Å². The average molecular weight is 297 g/mol. The summed E-state index contributed by atoms with van der Waals surface area (Å²) in [5, 5.41) is 11.0. The monoisotopic (exact) mass is 297 g/mol. The van der Waals surface area contributed by atoms with Crippen molar-refractivity contribution in [3.8, 4) is 11.8 Å². The summed E-state index contributed by atoms with van der Waals surface area (Å²) in [5.41, 5.74) is 0.820. The highest BCUT2D eigenvalue weighted by molar-refractivity contribution is 5.16. The van der Waals surface area contributed by atoms with Crippen molar-refractivity contribution in [3.63, 3.8) is 0 Å². The Morgan fingerprint density at radius 2 is 1.82 bits per heavy atom. The molecule has 2 atom stereocenters. The van der Waals surface area contributed by atoms with Gasteiger partial charge in [0.25, 0.3) is 0 Å². The lowest BCUT2D eigenvalue weighted by Gasteiger charge is -2.52.